The van der Waals surface area contributed by atoms with Crippen molar-refractivity contribution < 1.29 is 43.3 Å². The van der Waals surface area contributed by atoms with E-state index in [2.05, 4.69) is 41.7 Å². The molecule has 10 unspecified atom stereocenters. The molecule has 274 valence electrons. The van der Waals surface area contributed by atoms with E-state index in [4.69, 9.17) is 23.8 Å². The Labute approximate surface area is 302 Å². The van der Waals surface area contributed by atoms with E-state index in [9.17, 15) is 14.7 Å². The molecule has 2 bridgehead atoms. The number of carbonyl (C=O) groups is 3. The third-order valence-corrected chi connectivity index (χ3v) is 12.8. The maximum absolute atomic E-state index is 15.1. The van der Waals surface area contributed by atoms with Gasteiger partial charge in [-0.15, -0.1) is 0 Å². The molecule has 2 N–H and O–H groups in total. The smallest absolute Gasteiger partial charge is 0.327 e. The molecule has 5 aliphatic heterocycles. The van der Waals surface area contributed by atoms with Gasteiger partial charge in [0.25, 0.3) is 0 Å². The number of hydrogen-bond donors (Lipinski definition) is 2. The number of esters is 1. The number of likely N-dealkylation sites (tertiary alicyclic amines) is 1. The fourth-order valence-electron chi connectivity index (χ4n) is 10.4. The summed E-state index contributed by atoms with van der Waals surface area (Å²) in [5, 5.41) is 13.7. The summed E-state index contributed by atoms with van der Waals surface area (Å²) in [4.78, 5) is 51.0. The van der Waals surface area contributed by atoms with Crippen molar-refractivity contribution in [3.63, 3.8) is 0 Å². The Bertz CT molecular complexity index is 1780. The lowest BCUT2D eigenvalue weighted by Crippen LogP contribution is -2.70. The van der Waals surface area contributed by atoms with Crippen LogP contribution in [0.15, 0.2) is 54.6 Å². The lowest BCUT2D eigenvalue weighted by atomic mass is 9.62. The van der Waals surface area contributed by atoms with Crippen molar-refractivity contribution in [3.8, 4) is 0 Å². The summed E-state index contributed by atoms with van der Waals surface area (Å²) in [6, 6.07) is 14.6. The minimum absolute atomic E-state index is 0.101. The number of rotatable bonds is 8. The summed E-state index contributed by atoms with van der Waals surface area (Å²) >= 11 is 0. The first-order valence-corrected chi connectivity index (χ1v) is 19.0. The molecule has 7 fully saturated rings. The molecular formula is C40H45N3O9. The highest BCUT2D eigenvalue weighted by molar-refractivity contribution is 5.96. The molecule has 5 heterocycles. The standard InChI is InChI=1S/C40H45N3O9/c44-17-15-41-36(45)28-6-3-16-42(28)38(47)40-21-31-32-33(51-39(50-32)19-26-4-1-2-5-27(26)20-39)35(40)52-43(34(40)37(46)49-31)22-25-11-8-23(9-12-25)7-10-24-13-14-29-30(18-24)48-29/h1-2,4-5,7-12,24,28-35,44H,3,6,13-22H2,(H,41,45). The fourth-order valence-corrected chi connectivity index (χ4v) is 10.4. The van der Waals surface area contributed by atoms with E-state index >= 15 is 4.79 Å². The van der Waals surface area contributed by atoms with Gasteiger partial charge in [0.05, 0.1) is 25.4 Å². The van der Waals surface area contributed by atoms with Crippen molar-refractivity contribution in [2.75, 3.05) is 19.7 Å². The quantitative estimate of drug-likeness (QED) is 0.310. The zero-order chi connectivity index (χ0) is 35.2. The van der Waals surface area contributed by atoms with Gasteiger partial charge in [0.1, 0.15) is 35.9 Å². The molecule has 52 heavy (non-hydrogen) atoms. The predicted octanol–water partition coefficient (Wildman–Crippen LogP) is 2.45. The van der Waals surface area contributed by atoms with Gasteiger partial charge in [0, 0.05) is 32.4 Å². The zero-order valence-electron chi connectivity index (χ0n) is 29.1. The van der Waals surface area contributed by atoms with Gasteiger partial charge in [-0.25, -0.2) is 0 Å². The number of fused-ring (bicyclic) bond motifs is 6. The van der Waals surface area contributed by atoms with Gasteiger partial charge < -0.3 is 34.3 Å². The van der Waals surface area contributed by atoms with Crippen LogP contribution in [0.25, 0.3) is 6.08 Å². The Hall–Kier alpha value is -3.65. The van der Waals surface area contributed by atoms with E-state index < -0.39 is 53.7 Å². The highest BCUT2D eigenvalue weighted by Gasteiger charge is 2.77. The maximum atomic E-state index is 15.1. The summed E-state index contributed by atoms with van der Waals surface area (Å²) in [6.45, 7) is 0.532. The minimum Gasteiger partial charge on any atom is -0.458 e. The van der Waals surface area contributed by atoms with Crippen LogP contribution >= 0.6 is 0 Å². The first-order chi connectivity index (χ1) is 25.3. The predicted molar refractivity (Wildman–Crippen MR) is 184 cm³/mol. The first kappa shape index (κ1) is 33.0. The van der Waals surface area contributed by atoms with Crippen LogP contribution in [0, 0.1) is 11.3 Å². The molecule has 0 radical (unpaired) electrons. The van der Waals surface area contributed by atoms with Crippen molar-refractivity contribution in [1.82, 2.24) is 15.3 Å². The van der Waals surface area contributed by atoms with E-state index in [1.54, 1.807) is 9.96 Å². The number of aliphatic hydroxyl groups is 1. The minimum atomic E-state index is -1.35. The second-order valence-corrected chi connectivity index (χ2v) is 16.0. The van der Waals surface area contributed by atoms with Gasteiger partial charge in [-0.2, -0.15) is 5.06 Å². The Kier molecular flexibility index (Phi) is 7.90. The number of amides is 2. The molecule has 5 saturated heterocycles. The fraction of sp³-hybridized carbons (Fsp3) is 0.575. The van der Waals surface area contributed by atoms with Crippen molar-refractivity contribution in [2.24, 2.45) is 11.3 Å². The van der Waals surface area contributed by atoms with E-state index in [1.165, 1.54) is 0 Å². The van der Waals surface area contributed by atoms with Gasteiger partial charge in [-0.05, 0) is 60.3 Å². The molecule has 0 aromatic heterocycles. The van der Waals surface area contributed by atoms with Crippen molar-refractivity contribution >= 4 is 23.9 Å². The zero-order valence-corrected chi connectivity index (χ0v) is 29.1. The Balaban J connectivity index is 0.954. The molecule has 2 amide bonds. The van der Waals surface area contributed by atoms with Crippen LogP contribution in [-0.4, -0.2) is 107 Å². The molecule has 10 atom stereocenters. The molecule has 3 aliphatic carbocycles. The topological polar surface area (TPSA) is 139 Å². The molecule has 12 nitrogen and oxygen atoms in total. The summed E-state index contributed by atoms with van der Waals surface area (Å²) in [7, 11) is 0. The van der Waals surface area contributed by atoms with Gasteiger partial charge in [-0.1, -0.05) is 60.7 Å². The highest BCUT2D eigenvalue weighted by atomic mass is 16.8. The number of aliphatic hydroxyl groups excluding tert-OH is 1. The largest absolute Gasteiger partial charge is 0.458 e. The number of hydroxylamine groups is 2. The monoisotopic (exact) mass is 711 g/mol. The van der Waals surface area contributed by atoms with Crippen LogP contribution in [0.2, 0.25) is 0 Å². The number of ether oxygens (including phenoxy) is 4. The van der Waals surface area contributed by atoms with E-state index in [1.807, 2.05) is 24.3 Å². The van der Waals surface area contributed by atoms with Crippen molar-refractivity contribution in [1.29, 1.82) is 0 Å². The van der Waals surface area contributed by atoms with Crippen LogP contribution in [0.3, 0.4) is 0 Å². The number of nitrogens with zero attached hydrogens (tertiary/aromatic N) is 2. The van der Waals surface area contributed by atoms with Gasteiger partial charge >= 0.3 is 5.97 Å². The summed E-state index contributed by atoms with van der Waals surface area (Å²) in [6.07, 6.45) is 8.35. The number of nitrogens with one attached hydrogen (secondary N) is 1. The Morgan fingerprint density at radius 2 is 1.75 bits per heavy atom. The SMILES string of the molecule is O=C(NCCO)C1CCCN1C(=O)C12CC3OC(=O)C1N(Cc1ccc(C=CC4CCC5OC5C4)cc1)OC2C1OC2(Cc4ccccc4C2)OC31. The molecule has 1 spiro atoms. The second-order valence-electron chi connectivity index (χ2n) is 16.0. The van der Waals surface area contributed by atoms with E-state index in [-0.39, 0.29) is 37.9 Å². The summed E-state index contributed by atoms with van der Waals surface area (Å²) in [5.41, 5.74) is 2.96. The number of carbonyl (C=O) groups excluding carboxylic acids is 3. The van der Waals surface area contributed by atoms with Crippen LogP contribution in [0.1, 0.15) is 60.8 Å². The average molecular weight is 712 g/mol. The van der Waals surface area contributed by atoms with E-state index in [0.717, 1.165) is 41.5 Å². The Morgan fingerprint density at radius 3 is 2.52 bits per heavy atom. The number of benzene rings is 2. The summed E-state index contributed by atoms with van der Waals surface area (Å²) in [5.74, 6) is -1.56. The van der Waals surface area contributed by atoms with Gasteiger partial charge in [0.15, 0.2) is 11.8 Å². The number of hydrogen-bond acceptors (Lipinski definition) is 10. The van der Waals surface area contributed by atoms with Crippen LogP contribution in [0.5, 0.6) is 0 Å². The highest BCUT2D eigenvalue weighted by Crippen LogP contribution is 2.59. The van der Waals surface area contributed by atoms with Gasteiger partial charge in [0.2, 0.25) is 11.8 Å². The first-order valence-electron chi connectivity index (χ1n) is 19.0. The number of epoxide rings is 1. The molecular weight excluding hydrogens is 666 g/mol. The average Bonchev–Trinajstić information content (AvgIpc) is 3.48. The van der Waals surface area contributed by atoms with Crippen LogP contribution in [-0.2, 0) is 57.6 Å². The molecule has 2 aromatic rings. The molecule has 10 rings (SSSR count). The molecule has 2 saturated carbocycles. The second kappa shape index (κ2) is 12.5. The molecule has 2 aromatic carbocycles. The maximum Gasteiger partial charge on any atom is 0.327 e. The third kappa shape index (κ3) is 5.28. The van der Waals surface area contributed by atoms with Crippen molar-refractivity contribution in [2.45, 2.75) is 112 Å². The third-order valence-electron chi connectivity index (χ3n) is 12.8. The molecule has 8 aliphatic rings. The lowest BCUT2D eigenvalue weighted by Gasteiger charge is -2.50. The Morgan fingerprint density at radius 1 is 0.962 bits per heavy atom. The van der Waals surface area contributed by atoms with Gasteiger partial charge in [-0.3, -0.25) is 19.2 Å². The summed E-state index contributed by atoms with van der Waals surface area (Å²) < 4.78 is 25.5. The normalized spacial score (nSPS) is 37.9. The van der Waals surface area contributed by atoms with Crippen LogP contribution in [0.4, 0.5) is 0 Å². The lowest BCUT2D eigenvalue weighted by molar-refractivity contribution is -0.218. The van der Waals surface area contributed by atoms with Crippen molar-refractivity contribution in [3.05, 3.63) is 76.9 Å². The van der Waals surface area contributed by atoms with E-state index in [0.29, 0.717) is 50.4 Å². The van der Waals surface area contributed by atoms with Crippen LogP contribution < -0.4 is 5.32 Å². The number of allylic oxidation sites excluding steroid dienone is 1. The molecule has 12 heteroatoms.